The number of halogens is 3. The van der Waals surface area contributed by atoms with E-state index in [-0.39, 0.29) is 36.0 Å². The molecule has 0 aliphatic heterocycles. The first-order valence-corrected chi connectivity index (χ1v) is 4.32. The normalized spacial score (nSPS) is 11.0. The van der Waals surface area contributed by atoms with Crippen LogP contribution in [0, 0.1) is 6.42 Å². The molecule has 76 valence electrons. The van der Waals surface area contributed by atoms with Crippen molar-refractivity contribution < 1.29 is 62.0 Å². The van der Waals surface area contributed by atoms with Crippen LogP contribution in [0.4, 0.5) is 13.2 Å². The van der Waals surface area contributed by atoms with Crippen molar-refractivity contribution in [3.63, 3.8) is 0 Å². The second-order valence-corrected chi connectivity index (χ2v) is 2.69. The molecule has 0 saturated carbocycles. The SMILES string of the molecule is CC[CH-]C(F)(F)F.O=P(O)(O)O.[Na+]. The molecular weight excluding hydrogens is 223 g/mol. The van der Waals surface area contributed by atoms with Crippen LogP contribution in [0.25, 0.3) is 0 Å². The van der Waals surface area contributed by atoms with E-state index in [1.54, 1.807) is 0 Å². The van der Waals surface area contributed by atoms with Gasteiger partial charge < -0.3 is 14.7 Å². The quantitative estimate of drug-likeness (QED) is 0.284. The van der Waals surface area contributed by atoms with Crippen LogP contribution in [-0.2, 0) is 4.57 Å². The molecule has 0 unspecified atom stereocenters. The number of hydrogen-bond donors (Lipinski definition) is 3. The van der Waals surface area contributed by atoms with Crippen molar-refractivity contribution in [2.45, 2.75) is 19.5 Å². The molecule has 13 heavy (non-hydrogen) atoms. The first-order valence-electron chi connectivity index (χ1n) is 2.75. The minimum absolute atomic E-state index is 0. The molecule has 0 bridgehead atoms. The molecule has 0 rings (SSSR count). The number of rotatable bonds is 1. The molecule has 0 saturated heterocycles. The van der Waals surface area contributed by atoms with E-state index in [2.05, 4.69) is 0 Å². The van der Waals surface area contributed by atoms with Gasteiger partial charge >= 0.3 is 37.4 Å². The van der Waals surface area contributed by atoms with Crippen molar-refractivity contribution in [3.05, 3.63) is 6.42 Å². The summed E-state index contributed by atoms with van der Waals surface area (Å²) >= 11 is 0. The van der Waals surface area contributed by atoms with Crippen molar-refractivity contribution in [2.75, 3.05) is 0 Å². The van der Waals surface area contributed by atoms with Crippen LogP contribution < -0.4 is 29.6 Å². The zero-order valence-electron chi connectivity index (χ0n) is 7.12. The third-order valence-electron chi connectivity index (χ3n) is 0.436. The molecule has 4 nitrogen and oxygen atoms in total. The minimum atomic E-state index is -4.64. The van der Waals surface area contributed by atoms with E-state index >= 15 is 0 Å². The van der Waals surface area contributed by atoms with Gasteiger partial charge in [0.2, 0.25) is 0 Å². The van der Waals surface area contributed by atoms with Crippen LogP contribution in [-0.4, -0.2) is 20.9 Å². The van der Waals surface area contributed by atoms with Crippen molar-refractivity contribution >= 4 is 7.82 Å². The van der Waals surface area contributed by atoms with Crippen LogP contribution in [0.5, 0.6) is 0 Å². The summed E-state index contributed by atoms with van der Waals surface area (Å²) in [5.74, 6) is 0. The maximum Gasteiger partial charge on any atom is 1.00 e. The molecular formula is C4H9F3NaO4P. The van der Waals surface area contributed by atoms with Crippen molar-refractivity contribution in [2.24, 2.45) is 0 Å². The number of hydrogen-bond acceptors (Lipinski definition) is 1. The van der Waals surface area contributed by atoms with E-state index < -0.39 is 14.0 Å². The zero-order chi connectivity index (χ0) is 10.4. The summed E-state index contributed by atoms with van der Waals surface area (Å²) in [4.78, 5) is 21.6. The Morgan fingerprint density at radius 1 is 1.31 bits per heavy atom. The van der Waals surface area contributed by atoms with Gasteiger partial charge in [-0.3, -0.25) is 0 Å². The molecule has 0 aromatic heterocycles. The fourth-order valence-electron chi connectivity index (χ4n) is 0.231. The Balaban J connectivity index is -0.000000150. The third-order valence-corrected chi connectivity index (χ3v) is 0.436. The van der Waals surface area contributed by atoms with Crippen LogP contribution in [0.1, 0.15) is 13.3 Å². The Morgan fingerprint density at radius 3 is 1.54 bits per heavy atom. The Hall–Kier alpha value is 0.900. The topological polar surface area (TPSA) is 77.8 Å². The molecule has 3 N–H and O–H groups in total. The summed E-state index contributed by atoms with van der Waals surface area (Å²) in [6.07, 6.45) is -3.70. The van der Waals surface area contributed by atoms with Crippen LogP contribution in [0.15, 0.2) is 0 Å². The van der Waals surface area contributed by atoms with Crippen molar-refractivity contribution in [1.82, 2.24) is 0 Å². The summed E-state index contributed by atoms with van der Waals surface area (Å²) < 4.78 is 41.9. The Morgan fingerprint density at radius 2 is 1.54 bits per heavy atom. The van der Waals surface area contributed by atoms with Crippen LogP contribution in [0.2, 0.25) is 0 Å². The second-order valence-electron chi connectivity index (χ2n) is 1.67. The predicted octanol–water partition coefficient (Wildman–Crippen LogP) is -1.76. The summed E-state index contributed by atoms with van der Waals surface area (Å²) in [5, 5.41) is 0. The zero-order valence-corrected chi connectivity index (χ0v) is 10.0. The molecule has 0 amide bonds. The van der Waals surface area contributed by atoms with Crippen LogP contribution in [0.3, 0.4) is 0 Å². The first-order chi connectivity index (χ1) is 5.06. The van der Waals surface area contributed by atoms with E-state index in [1.807, 2.05) is 0 Å². The first kappa shape index (κ1) is 19.5. The van der Waals surface area contributed by atoms with Gasteiger partial charge in [-0.1, -0.05) is 6.92 Å². The van der Waals surface area contributed by atoms with E-state index in [9.17, 15) is 13.2 Å². The summed E-state index contributed by atoms with van der Waals surface area (Å²) in [6, 6.07) is 0. The standard InChI is InChI=1S/C4H6F3.Na.H3O4P/c1-2-3-4(5,6)7;;1-5(2,3)4/h3H,2H2,1H3;;(H3,1,2,3,4)/q-1;+1;. The maximum atomic E-state index is 11.0. The van der Waals surface area contributed by atoms with Crippen molar-refractivity contribution in [3.8, 4) is 0 Å². The van der Waals surface area contributed by atoms with E-state index in [0.717, 1.165) is 0 Å². The summed E-state index contributed by atoms with van der Waals surface area (Å²) in [6.45, 7) is 1.45. The molecule has 0 fully saturated rings. The van der Waals surface area contributed by atoms with Gasteiger partial charge in [-0.2, -0.15) is 6.42 Å². The van der Waals surface area contributed by atoms with E-state index in [0.29, 0.717) is 6.42 Å². The molecule has 0 aromatic carbocycles. The van der Waals surface area contributed by atoms with Gasteiger partial charge in [-0.25, -0.2) is 24.2 Å². The molecule has 9 heteroatoms. The minimum Gasteiger partial charge on any atom is -0.303 e. The van der Waals surface area contributed by atoms with E-state index in [4.69, 9.17) is 19.2 Å². The van der Waals surface area contributed by atoms with Gasteiger partial charge in [-0.15, -0.1) is 0 Å². The van der Waals surface area contributed by atoms with Crippen molar-refractivity contribution in [1.29, 1.82) is 0 Å². The molecule has 0 heterocycles. The monoisotopic (exact) mass is 232 g/mol. The largest absolute Gasteiger partial charge is 1.00 e. The van der Waals surface area contributed by atoms with Gasteiger partial charge in [0.1, 0.15) is 0 Å². The Bertz CT molecular complexity index is 148. The van der Waals surface area contributed by atoms with Gasteiger partial charge in [-0.05, 0) is 0 Å². The fraction of sp³-hybridized carbons (Fsp3) is 0.750. The summed E-state index contributed by atoms with van der Waals surface area (Å²) in [7, 11) is -4.64. The summed E-state index contributed by atoms with van der Waals surface area (Å²) in [5.41, 5.74) is 0. The van der Waals surface area contributed by atoms with E-state index in [1.165, 1.54) is 6.92 Å². The molecule has 0 radical (unpaired) electrons. The average Bonchev–Trinajstić information content (AvgIpc) is 1.54. The number of alkyl halides is 3. The molecule has 0 aromatic rings. The van der Waals surface area contributed by atoms with Gasteiger partial charge in [0, 0.05) is 0 Å². The third kappa shape index (κ3) is 63.8. The maximum absolute atomic E-state index is 11.0. The smallest absolute Gasteiger partial charge is 0.303 e. The predicted molar refractivity (Wildman–Crippen MR) is 34.9 cm³/mol. The average molecular weight is 232 g/mol. The molecule has 0 atom stereocenters. The molecule has 0 aliphatic carbocycles. The Kier molecular flexibility index (Phi) is 12.3. The van der Waals surface area contributed by atoms with Gasteiger partial charge in [0.05, 0.1) is 0 Å². The second kappa shape index (κ2) is 8.23. The molecule has 0 aliphatic rings. The van der Waals surface area contributed by atoms with Gasteiger partial charge in [0.15, 0.2) is 0 Å². The van der Waals surface area contributed by atoms with Crippen LogP contribution >= 0.6 is 7.82 Å². The Labute approximate surface area is 95.7 Å². The number of phosphoric acid groups is 1. The fourth-order valence-corrected chi connectivity index (χ4v) is 0.231. The van der Waals surface area contributed by atoms with Gasteiger partial charge in [0.25, 0.3) is 6.18 Å². The molecule has 0 spiro atoms.